The van der Waals surface area contributed by atoms with Gasteiger partial charge in [0.1, 0.15) is 12.6 Å². The number of rotatable bonds is 12. The predicted octanol–water partition coefficient (Wildman–Crippen LogP) is 6.57. The molecule has 1 aliphatic carbocycles. The van der Waals surface area contributed by atoms with Gasteiger partial charge in [-0.2, -0.15) is 0 Å². The van der Waals surface area contributed by atoms with Gasteiger partial charge < -0.3 is 10.2 Å². The highest BCUT2D eigenvalue weighted by atomic mass is 32.2. The molecule has 8 heteroatoms. The van der Waals surface area contributed by atoms with Crippen LogP contribution in [0.15, 0.2) is 83.8 Å². The van der Waals surface area contributed by atoms with Crippen LogP contribution in [0.2, 0.25) is 0 Å². The zero-order valence-electron chi connectivity index (χ0n) is 25.8. The van der Waals surface area contributed by atoms with Crippen molar-refractivity contribution in [2.45, 2.75) is 95.7 Å². The van der Waals surface area contributed by atoms with E-state index in [1.165, 1.54) is 22.9 Å². The first-order chi connectivity index (χ1) is 20.6. The van der Waals surface area contributed by atoms with E-state index in [-0.39, 0.29) is 29.3 Å². The number of hydrogen-bond acceptors (Lipinski definition) is 4. The summed E-state index contributed by atoms with van der Waals surface area (Å²) >= 11 is 0. The number of carbonyl (C=O) groups excluding carboxylic acids is 2. The summed E-state index contributed by atoms with van der Waals surface area (Å²) in [7, 11) is -4.09. The summed E-state index contributed by atoms with van der Waals surface area (Å²) in [5.41, 5.74) is 3.40. The summed E-state index contributed by atoms with van der Waals surface area (Å²) in [6.07, 6.45) is 5.61. The largest absolute Gasteiger partial charge is 0.352 e. The van der Waals surface area contributed by atoms with E-state index >= 15 is 0 Å². The van der Waals surface area contributed by atoms with Gasteiger partial charge in [-0.25, -0.2) is 8.42 Å². The highest BCUT2D eigenvalue weighted by molar-refractivity contribution is 7.92. The van der Waals surface area contributed by atoms with E-state index in [9.17, 15) is 18.0 Å². The number of hydrogen-bond donors (Lipinski definition) is 1. The third-order valence-electron chi connectivity index (χ3n) is 8.23. The Labute approximate surface area is 257 Å². The van der Waals surface area contributed by atoms with Gasteiger partial charge >= 0.3 is 0 Å². The van der Waals surface area contributed by atoms with E-state index in [0.717, 1.165) is 42.4 Å². The van der Waals surface area contributed by atoms with Crippen molar-refractivity contribution in [2.75, 3.05) is 10.8 Å². The van der Waals surface area contributed by atoms with Crippen molar-refractivity contribution in [3.8, 4) is 0 Å². The van der Waals surface area contributed by atoms with Crippen molar-refractivity contribution in [1.82, 2.24) is 10.2 Å². The molecule has 1 atom stereocenters. The summed E-state index contributed by atoms with van der Waals surface area (Å²) in [4.78, 5) is 29.6. The molecule has 1 unspecified atom stereocenters. The number of nitrogens with one attached hydrogen (secondary N) is 1. The van der Waals surface area contributed by atoms with Gasteiger partial charge in [0.05, 0.1) is 10.6 Å². The van der Waals surface area contributed by atoms with E-state index in [0.29, 0.717) is 12.1 Å². The summed E-state index contributed by atoms with van der Waals surface area (Å²) in [6.45, 7) is 7.79. The van der Waals surface area contributed by atoms with E-state index in [2.05, 4.69) is 19.2 Å². The quantitative estimate of drug-likeness (QED) is 0.254. The Morgan fingerprint density at radius 3 is 2.19 bits per heavy atom. The van der Waals surface area contributed by atoms with Crippen LogP contribution in [0.4, 0.5) is 5.69 Å². The van der Waals surface area contributed by atoms with Gasteiger partial charge in [-0.3, -0.25) is 13.9 Å². The predicted molar refractivity (Wildman–Crippen MR) is 172 cm³/mol. The molecular formula is C35H45N3O4S. The van der Waals surface area contributed by atoms with Crippen LogP contribution in [-0.2, 0) is 26.2 Å². The Morgan fingerprint density at radius 2 is 1.58 bits per heavy atom. The van der Waals surface area contributed by atoms with Crippen LogP contribution in [0.1, 0.15) is 81.9 Å². The minimum absolute atomic E-state index is 0.0978. The number of nitrogens with zero attached hydrogens (tertiary/aromatic N) is 2. The van der Waals surface area contributed by atoms with Crippen molar-refractivity contribution in [2.24, 2.45) is 0 Å². The average molecular weight is 604 g/mol. The van der Waals surface area contributed by atoms with Crippen molar-refractivity contribution in [1.29, 1.82) is 0 Å². The standard InChI is InChI=1S/C35H45N3O4S/c1-5-33(35(40)36-30-15-8-6-9-16-30)37(24-28-14-12-13-27(4)23-28)34(39)25-38(31-21-19-29(20-22-31)26(2)3)43(41,42)32-17-10-7-11-18-32/h7,10-14,17-23,26,30,33H,5-6,8-9,15-16,24-25H2,1-4H3,(H,36,40). The van der Waals surface area contributed by atoms with Crippen molar-refractivity contribution >= 4 is 27.5 Å². The van der Waals surface area contributed by atoms with Crippen LogP contribution in [-0.4, -0.2) is 43.8 Å². The van der Waals surface area contributed by atoms with Crippen LogP contribution in [0.3, 0.4) is 0 Å². The molecule has 1 saturated carbocycles. The second-order valence-electron chi connectivity index (χ2n) is 11.8. The molecule has 1 aliphatic rings. The monoisotopic (exact) mass is 603 g/mol. The number of carbonyl (C=O) groups is 2. The first-order valence-corrected chi connectivity index (χ1v) is 16.9. The minimum atomic E-state index is -4.09. The fourth-order valence-electron chi connectivity index (χ4n) is 5.74. The molecule has 3 aromatic carbocycles. The molecule has 2 amide bonds. The summed E-state index contributed by atoms with van der Waals surface area (Å²) < 4.78 is 29.2. The third kappa shape index (κ3) is 8.25. The number of benzene rings is 3. The maximum absolute atomic E-state index is 14.3. The van der Waals surface area contributed by atoms with Gasteiger partial charge in [0.2, 0.25) is 11.8 Å². The topological polar surface area (TPSA) is 86.8 Å². The lowest BCUT2D eigenvalue weighted by Crippen LogP contribution is -2.54. The third-order valence-corrected chi connectivity index (χ3v) is 10.0. The SMILES string of the molecule is CCC(C(=O)NC1CCCCC1)N(Cc1cccc(C)c1)C(=O)CN(c1ccc(C(C)C)cc1)S(=O)(=O)c1ccccc1. The molecule has 0 saturated heterocycles. The first kappa shape index (κ1) is 32.3. The molecule has 0 radical (unpaired) electrons. The number of anilines is 1. The molecule has 1 N–H and O–H groups in total. The molecule has 0 aliphatic heterocycles. The van der Waals surface area contributed by atoms with E-state index in [4.69, 9.17) is 0 Å². The Kier molecular flexibility index (Phi) is 11.0. The van der Waals surface area contributed by atoms with Crippen molar-refractivity contribution < 1.29 is 18.0 Å². The number of aryl methyl sites for hydroxylation is 1. The second-order valence-corrected chi connectivity index (χ2v) is 13.7. The van der Waals surface area contributed by atoms with Crippen LogP contribution in [0, 0.1) is 6.92 Å². The number of amides is 2. The normalized spacial score (nSPS) is 14.7. The number of sulfonamides is 1. The molecule has 1 fully saturated rings. The summed E-state index contributed by atoms with van der Waals surface area (Å²) in [5, 5.41) is 3.20. The van der Waals surface area contributed by atoms with E-state index < -0.39 is 28.5 Å². The molecule has 43 heavy (non-hydrogen) atoms. The van der Waals surface area contributed by atoms with Crippen LogP contribution in [0.25, 0.3) is 0 Å². The zero-order valence-corrected chi connectivity index (χ0v) is 26.6. The highest BCUT2D eigenvalue weighted by Gasteiger charge is 2.34. The molecule has 7 nitrogen and oxygen atoms in total. The lowest BCUT2D eigenvalue weighted by molar-refractivity contribution is -0.140. The molecule has 230 valence electrons. The molecule has 3 aromatic rings. The molecular weight excluding hydrogens is 558 g/mol. The van der Waals surface area contributed by atoms with E-state index in [1.54, 1.807) is 35.2 Å². The molecule has 0 bridgehead atoms. The Bertz CT molecular complexity index is 1470. The highest BCUT2D eigenvalue weighted by Crippen LogP contribution is 2.27. The maximum atomic E-state index is 14.3. The first-order valence-electron chi connectivity index (χ1n) is 15.4. The molecule has 4 rings (SSSR count). The van der Waals surface area contributed by atoms with Crippen molar-refractivity contribution in [3.63, 3.8) is 0 Å². The van der Waals surface area contributed by atoms with Crippen LogP contribution < -0.4 is 9.62 Å². The maximum Gasteiger partial charge on any atom is 0.264 e. The lowest BCUT2D eigenvalue weighted by atomic mass is 9.95. The minimum Gasteiger partial charge on any atom is -0.352 e. The average Bonchev–Trinajstić information content (AvgIpc) is 3.00. The summed E-state index contributed by atoms with van der Waals surface area (Å²) in [6, 6.07) is 22.7. The van der Waals surface area contributed by atoms with E-state index in [1.807, 2.05) is 50.2 Å². The smallest absolute Gasteiger partial charge is 0.264 e. The molecule has 0 heterocycles. The fourth-order valence-corrected chi connectivity index (χ4v) is 7.18. The molecule has 0 spiro atoms. The van der Waals surface area contributed by atoms with Gasteiger partial charge in [0, 0.05) is 12.6 Å². The Hall–Kier alpha value is -3.65. The van der Waals surface area contributed by atoms with Gasteiger partial charge in [0.25, 0.3) is 10.0 Å². The van der Waals surface area contributed by atoms with Crippen molar-refractivity contribution in [3.05, 3.63) is 95.6 Å². The molecule has 0 aromatic heterocycles. The van der Waals surface area contributed by atoms with Gasteiger partial charge in [-0.05, 0) is 67.5 Å². The second kappa shape index (κ2) is 14.7. The Balaban J connectivity index is 1.71. The van der Waals surface area contributed by atoms with Gasteiger partial charge in [-0.15, -0.1) is 0 Å². The van der Waals surface area contributed by atoms with Gasteiger partial charge in [-0.1, -0.05) is 100 Å². The lowest BCUT2D eigenvalue weighted by Gasteiger charge is -2.34. The summed E-state index contributed by atoms with van der Waals surface area (Å²) in [5.74, 6) is -0.346. The Morgan fingerprint density at radius 1 is 0.907 bits per heavy atom. The van der Waals surface area contributed by atoms with Crippen LogP contribution >= 0.6 is 0 Å². The zero-order chi connectivity index (χ0) is 31.0. The van der Waals surface area contributed by atoms with Gasteiger partial charge in [0.15, 0.2) is 0 Å². The fraction of sp³-hybridized carbons (Fsp3) is 0.429. The van der Waals surface area contributed by atoms with Crippen LogP contribution in [0.5, 0.6) is 0 Å².